The van der Waals surface area contributed by atoms with Crippen molar-refractivity contribution >= 4 is 5.84 Å². The number of hydrogen-bond donors (Lipinski definition) is 2. The van der Waals surface area contributed by atoms with Gasteiger partial charge in [0.05, 0.1) is 12.4 Å². The largest absolute Gasteiger partial charge is 0.493 e. The molecular weight excluding hydrogens is 207 g/mol. The molecule has 1 aromatic rings. The first-order chi connectivity index (χ1) is 7.59. The van der Waals surface area contributed by atoms with E-state index in [1.807, 2.05) is 0 Å². The minimum atomic E-state index is -0.249. The molecule has 1 rings (SSSR count). The van der Waals surface area contributed by atoms with Gasteiger partial charge in [-0.2, -0.15) is 0 Å². The maximum absolute atomic E-state index is 13.1. The summed E-state index contributed by atoms with van der Waals surface area (Å²) in [5.74, 6) is 0.494. The molecule has 16 heavy (non-hydrogen) atoms. The van der Waals surface area contributed by atoms with Crippen LogP contribution in [0, 0.1) is 18.2 Å². The molecule has 0 aliphatic carbocycles. The van der Waals surface area contributed by atoms with Gasteiger partial charge in [0, 0.05) is 12.5 Å². The number of aryl methyl sites for hydroxylation is 1. The lowest BCUT2D eigenvalue weighted by Crippen LogP contribution is -2.09. The fourth-order valence-corrected chi connectivity index (χ4v) is 1.27. The van der Waals surface area contributed by atoms with Crippen LogP contribution in [0.15, 0.2) is 18.2 Å². The summed E-state index contributed by atoms with van der Waals surface area (Å²) in [6.07, 6.45) is 2.23. The smallest absolute Gasteiger partial charge is 0.129 e. The summed E-state index contributed by atoms with van der Waals surface area (Å²) in [5, 5.41) is 7.03. The first-order valence-electron chi connectivity index (χ1n) is 5.31. The Balaban J connectivity index is 2.27. The van der Waals surface area contributed by atoms with Gasteiger partial charge in [0.1, 0.15) is 11.6 Å². The minimum Gasteiger partial charge on any atom is -0.493 e. The van der Waals surface area contributed by atoms with Crippen LogP contribution in [0.4, 0.5) is 4.39 Å². The van der Waals surface area contributed by atoms with Gasteiger partial charge in [-0.3, -0.25) is 5.41 Å². The molecule has 0 fully saturated rings. The molecule has 3 nitrogen and oxygen atoms in total. The van der Waals surface area contributed by atoms with E-state index in [4.69, 9.17) is 15.9 Å². The van der Waals surface area contributed by atoms with Gasteiger partial charge in [-0.15, -0.1) is 0 Å². The van der Waals surface area contributed by atoms with Crippen molar-refractivity contribution in [3.8, 4) is 5.75 Å². The van der Waals surface area contributed by atoms with Crippen molar-refractivity contribution in [3.63, 3.8) is 0 Å². The van der Waals surface area contributed by atoms with E-state index in [2.05, 4.69) is 0 Å². The summed E-state index contributed by atoms with van der Waals surface area (Å²) in [6, 6.07) is 4.84. The Morgan fingerprint density at radius 3 is 2.81 bits per heavy atom. The lowest BCUT2D eigenvalue weighted by atomic mass is 10.2. The molecule has 0 aliphatic heterocycles. The quantitative estimate of drug-likeness (QED) is 0.443. The lowest BCUT2D eigenvalue weighted by molar-refractivity contribution is 0.306. The molecule has 0 amide bonds. The van der Waals surface area contributed by atoms with E-state index in [0.717, 1.165) is 12.8 Å². The number of benzene rings is 1. The van der Waals surface area contributed by atoms with Crippen molar-refractivity contribution in [2.45, 2.75) is 26.2 Å². The molecule has 0 saturated heterocycles. The SMILES string of the molecule is Cc1ccc(OCCCCC(=N)N)cc1F. The summed E-state index contributed by atoms with van der Waals surface area (Å²) in [5.41, 5.74) is 5.83. The molecule has 1 aromatic carbocycles. The second-order valence-corrected chi connectivity index (χ2v) is 3.74. The number of nitrogens with two attached hydrogens (primary N) is 1. The highest BCUT2D eigenvalue weighted by atomic mass is 19.1. The van der Waals surface area contributed by atoms with Crippen molar-refractivity contribution < 1.29 is 9.13 Å². The molecule has 0 saturated carbocycles. The molecule has 0 heterocycles. The van der Waals surface area contributed by atoms with Crippen LogP contribution in [0.3, 0.4) is 0 Å². The number of nitrogens with one attached hydrogen (secondary N) is 1. The van der Waals surface area contributed by atoms with Crippen LogP contribution in [-0.2, 0) is 0 Å². The van der Waals surface area contributed by atoms with E-state index in [1.165, 1.54) is 6.07 Å². The highest BCUT2D eigenvalue weighted by Gasteiger charge is 2.00. The molecule has 3 N–H and O–H groups in total. The van der Waals surface area contributed by atoms with Gasteiger partial charge in [0.15, 0.2) is 0 Å². The molecule has 0 atom stereocenters. The van der Waals surface area contributed by atoms with Crippen molar-refractivity contribution in [3.05, 3.63) is 29.6 Å². The minimum absolute atomic E-state index is 0.196. The van der Waals surface area contributed by atoms with Crippen LogP contribution in [0.2, 0.25) is 0 Å². The second-order valence-electron chi connectivity index (χ2n) is 3.74. The van der Waals surface area contributed by atoms with Gasteiger partial charge in [-0.1, -0.05) is 6.07 Å². The van der Waals surface area contributed by atoms with Crippen LogP contribution >= 0.6 is 0 Å². The summed E-state index contributed by atoms with van der Waals surface area (Å²) >= 11 is 0. The normalized spacial score (nSPS) is 10.1. The Morgan fingerprint density at radius 2 is 2.19 bits per heavy atom. The van der Waals surface area contributed by atoms with Gasteiger partial charge >= 0.3 is 0 Å². The van der Waals surface area contributed by atoms with Crippen LogP contribution in [0.25, 0.3) is 0 Å². The maximum atomic E-state index is 13.1. The van der Waals surface area contributed by atoms with Crippen LogP contribution in [0.5, 0.6) is 5.75 Å². The Morgan fingerprint density at radius 1 is 1.44 bits per heavy atom. The number of halogens is 1. The zero-order valence-corrected chi connectivity index (χ0v) is 9.42. The zero-order valence-electron chi connectivity index (χ0n) is 9.42. The highest BCUT2D eigenvalue weighted by Crippen LogP contribution is 2.16. The molecule has 0 aromatic heterocycles. The monoisotopic (exact) mass is 224 g/mol. The third kappa shape index (κ3) is 4.29. The average molecular weight is 224 g/mol. The van der Waals surface area contributed by atoms with E-state index in [0.29, 0.717) is 24.3 Å². The van der Waals surface area contributed by atoms with Gasteiger partial charge in [0.2, 0.25) is 0 Å². The van der Waals surface area contributed by atoms with Crippen LogP contribution in [0.1, 0.15) is 24.8 Å². The fourth-order valence-electron chi connectivity index (χ4n) is 1.27. The first-order valence-corrected chi connectivity index (χ1v) is 5.31. The summed E-state index contributed by atoms with van der Waals surface area (Å²) in [4.78, 5) is 0. The molecule has 0 spiro atoms. The van der Waals surface area contributed by atoms with Gasteiger partial charge in [-0.05, 0) is 31.4 Å². The fraction of sp³-hybridized carbons (Fsp3) is 0.417. The van der Waals surface area contributed by atoms with Crippen molar-refractivity contribution in [1.82, 2.24) is 0 Å². The van der Waals surface area contributed by atoms with Gasteiger partial charge in [0.25, 0.3) is 0 Å². The number of rotatable bonds is 6. The molecular formula is C12H17FN2O. The van der Waals surface area contributed by atoms with Crippen molar-refractivity contribution in [2.75, 3.05) is 6.61 Å². The van der Waals surface area contributed by atoms with Crippen LogP contribution in [-0.4, -0.2) is 12.4 Å². The number of ether oxygens (including phenoxy) is 1. The van der Waals surface area contributed by atoms with E-state index < -0.39 is 0 Å². The lowest BCUT2D eigenvalue weighted by Gasteiger charge is -2.06. The summed E-state index contributed by atoms with van der Waals surface area (Å²) in [7, 11) is 0. The molecule has 0 aliphatic rings. The summed E-state index contributed by atoms with van der Waals surface area (Å²) in [6.45, 7) is 2.24. The first kappa shape index (κ1) is 12.5. The van der Waals surface area contributed by atoms with E-state index in [9.17, 15) is 4.39 Å². The predicted octanol–water partition coefficient (Wildman–Crippen LogP) is 2.62. The molecule has 0 radical (unpaired) electrons. The molecule has 0 bridgehead atoms. The maximum Gasteiger partial charge on any atom is 0.129 e. The Labute approximate surface area is 94.9 Å². The summed E-state index contributed by atoms with van der Waals surface area (Å²) < 4.78 is 18.5. The third-order valence-electron chi connectivity index (χ3n) is 2.25. The number of unbranched alkanes of at least 4 members (excludes halogenated alkanes) is 1. The van der Waals surface area contributed by atoms with Crippen molar-refractivity contribution in [2.24, 2.45) is 5.73 Å². The van der Waals surface area contributed by atoms with Crippen LogP contribution < -0.4 is 10.5 Å². The van der Waals surface area contributed by atoms with E-state index in [-0.39, 0.29) is 11.7 Å². The molecule has 0 unspecified atom stereocenters. The zero-order chi connectivity index (χ0) is 12.0. The average Bonchev–Trinajstić information content (AvgIpc) is 2.22. The Kier molecular flexibility index (Phi) is 4.76. The highest BCUT2D eigenvalue weighted by molar-refractivity contribution is 5.76. The topological polar surface area (TPSA) is 59.1 Å². The standard InChI is InChI=1S/C12H17FN2O/c1-9-5-6-10(8-11(9)13)16-7-3-2-4-12(14)15/h5-6,8H,2-4,7H2,1H3,(H3,14,15). The third-order valence-corrected chi connectivity index (χ3v) is 2.25. The number of hydrogen-bond acceptors (Lipinski definition) is 2. The Hall–Kier alpha value is -1.58. The van der Waals surface area contributed by atoms with E-state index >= 15 is 0 Å². The molecule has 4 heteroatoms. The predicted molar refractivity (Wildman–Crippen MR) is 62.4 cm³/mol. The van der Waals surface area contributed by atoms with Gasteiger partial charge in [-0.25, -0.2) is 4.39 Å². The molecule has 88 valence electrons. The van der Waals surface area contributed by atoms with E-state index in [1.54, 1.807) is 19.1 Å². The van der Waals surface area contributed by atoms with Gasteiger partial charge < -0.3 is 10.5 Å². The van der Waals surface area contributed by atoms with Crippen molar-refractivity contribution in [1.29, 1.82) is 5.41 Å². The Bertz CT molecular complexity index is 366. The number of amidine groups is 1. The second kappa shape index (κ2) is 6.10.